The number of carbonyl (C=O) groups excluding carboxylic acids is 2. The van der Waals surface area contributed by atoms with E-state index in [9.17, 15) is 9.59 Å². The lowest BCUT2D eigenvalue weighted by Gasteiger charge is -2.42. The van der Waals surface area contributed by atoms with Gasteiger partial charge in [-0.3, -0.25) is 14.6 Å². The molecule has 0 unspecified atom stereocenters. The molecule has 5 heteroatoms. The molecule has 0 atom stereocenters. The van der Waals surface area contributed by atoms with Crippen molar-refractivity contribution >= 4 is 11.8 Å². The summed E-state index contributed by atoms with van der Waals surface area (Å²) < 4.78 is 0. The van der Waals surface area contributed by atoms with Crippen molar-refractivity contribution in [1.82, 2.24) is 14.8 Å². The first-order chi connectivity index (χ1) is 15.5. The second kappa shape index (κ2) is 9.85. The van der Waals surface area contributed by atoms with E-state index in [1.807, 2.05) is 31.3 Å². The summed E-state index contributed by atoms with van der Waals surface area (Å²) in [4.78, 5) is 34.0. The molecule has 1 saturated carbocycles. The minimum Gasteiger partial charge on any atom is -0.348 e. The minimum absolute atomic E-state index is 0.178. The van der Waals surface area contributed by atoms with Crippen molar-refractivity contribution < 1.29 is 9.59 Å². The number of hydrogen-bond donors (Lipinski definition) is 0. The van der Waals surface area contributed by atoms with E-state index in [1.54, 1.807) is 11.1 Å². The van der Waals surface area contributed by atoms with Crippen LogP contribution in [0.15, 0.2) is 48.8 Å². The largest absolute Gasteiger partial charge is 0.348 e. The number of hydrogen-bond acceptors (Lipinski definition) is 3. The van der Waals surface area contributed by atoms with Gasteiger partial charge in [-0.05, 0) is 60.8 Å². The van der Waals surface area contributed by atoms with E-state index in [4.69, 9.17) is 0 Å². The smallest absolute Gasteiger partial charge is 0.228 e. The number of pyridine rings is 1. The van der Waals surface area contributed by atoms with Crippen LogP contribution >= 0.6 is 0 Å². The van der Waals surface area contributed by atoms with Gasteiger partial charge in [0.05, 0.1) is 5.41 Å². The molecule has 170 valence electrons. The average molecular weight is 434 g/mol. The molecule has 2 amide bonds. The molecule has 2 aliphatic rings. The van der Waals surface area contributed by atoms with Gasteiger partial charge in [0.25, 0.3) is 0 Å². The van der Waals surface area contributed by atoms with Crippen molar-refractivity contribution in [2.45, 2.75) is 51.4 Å². The van der Waals surface area contributed by atoms with E-state index in [-0.39, 0.29) is 11.8 Å². The molecule has 1 aliphatic carbocycles. The fraction of sp³-hybridized carbons (Fsp3) is 0.519. The van der Waals surface area contributed by atoms with Crippen molar-refractivity contribution in [2.75, 3.05) is 27.2 Å². The zero-order chi connectivity index (χ0) is 22.6. The molecule has 0 spiro atoms. The Morgan fingerprint density at radius 1 is 1.03 bits per heavy atom. The van der Waals surface area contributed by atoms with Gasteiger partial charge in [0.2, 0.25) is 11.8 Å². The first-order valence-corrected chi connectivity index (χ1v) is 12.0. The second-order valence-corrected chi connectivity index (χ2v) is 9.83. The van der Waals surface area contributed by atoms with E-state index in [1.165, 1.54) is 31.2 Å². The van der Waals surface area contributed by atoms with Crippen LogP contribution in [-0.4, -0.2) is 53.8 Å². The molecule has 1 saturated heterocycles. The van der Waals surface area contributed by atoms with Crippen LogP contribution in [0.2, 0.25) is 0 Å². The van der Waals surface area contributed by atoms with Crippen LogP contribution in [0.5, 0.6) is 0 Å². The minimum atomic E-state index is -0.441. The molecular weight excluding hydrogens is 398 g/mol. The average Bonchev–Trinajstić information content (AvgIpc) is 3.33. The summed E-state index contributed by atoms with van der Waals surface area (Å²) in [7, 11) is 3.68. The zero-order valence-electron chi connectivity index (χ0n) is 19.4. The highest BCUT2D eigenvalue weighted by atomic mass is 16.2. The van der Waals surface area contributed by atoms with Crippen LogP contribution in [0.25, 0.3) is 11.1 Å². The second-order valence-electron chi connectivity index (χ2n) is 9.83. The van der Waals surface area contributed by atoms with Gasteiger partial charge >= 0.3 is 0 Å². The molecule has 0 bridgehead atoms. The summed E-state index contributed by atoms with van der Waals surface area (Å²) in [6.45, 7) is 1.36. The molecule has 2 aromatic rings. The van der Waals surface area contributed by atoms with E-state index in [0.717, 1.165) is 24.0 Å². The van der Waals surface area contributed by atoms with E-state index in [0.29, 0.717) is 31.8 Å². The molecule has 2 heterocycles. The highest BCUT2D eigenvalue weighted by molar-refractivity contribution is 5.83. The Hall–Kier alpha value is -2.69. The predicted molar refractivity (Wildman–Crippen MR) is 127 cm³/mol. The van der Waals surface area contributed by atoms with Crippen molar-refractivity contribution in [1.29, 1.82) is 0 Å². The number of amides is 2. The van der Waals surface area contributed by atoms with Gasteiger partial charge in [0.15, 0.2) is 0 Å². The number of likely N-dealkylation sites (tertiary alicyclic amines) is 1. The van der Waals surface area contributed by atoms with Gasteiger partial charge in [-0.15, -0.1) is 0 Å². The molecule has 1 aliphatic heterocycles. The first-order valence-electron chi connectivity index (χ1n) is 12.0. The van der Waals surface area contributed by atoms with E-state index in [2.05, 4.69) is 35.3 Å². The van der Waals surface area contributed by atoms with Gasteiger partial charge in [-0.1, -0.05) is 43.2 Å². The summed E-state index contributed by atoms with van der Waals surface area (Å²) in [5.74, 6) is 1.02. The molecule has 2 fully saturated rings. The predicted octanol–water partition coefficient (Wildman–Crippen LogP) is 4.57. The van der Waals surface area contributed by atoms with Gasteiger partial charge < -0.3 is 9.80 Å². The van der Waals surface area contributed by atoms with Crippen molar-refractivity contribution in [3.63, 3.8) is 0 Å². The third kappa shape index (κ3) is 5.03. The Morgan fingerprint density at radius 3 is 2.31 bits per heavy atom. The number of rotatable bonds is 6. The lowest BCUT2D eigenvalue weighted by atomic mass is 9.72. The SMILES string of the molecule is CN(C)C(=O)C1(Cc2ccc(-c3cccnc3)cc2)CCN(C(=O)CC2CCCC2)CC1. The molecule has 1 aromatic carbocycles. The quantitative estimate of drug-likeness (QED) is 0.671. The molecule has 32 heavy (non-hydrogen) atoms. The van der Waals surface area contributed by atoms with Crippen LogP contribution in [0.3, 0.4) is 0 Å². The summed E-state index contributed by atoms with van der Waals surface area (Å²) in [5, 5.41) is 0. The molecule has 5 nitrogen and oxygen atoms in total. The standard InChI is InChI=1S/C27H35N3O2/c1-29(2)26(32)27(13-16-30(17-14-27)25(31)18-21-6-3-4-7-21)19-22-9-11-23(12-10-22)24-8-5-15-28-20-24/h5,8-12,15,20-21H,3-4,6-7,13-14,16-19H2,1-2H3. The van der Waals surface area contributed by atoms with Crippen LogP contribution in [0, 0.1) is 11.3 Å². The van der Waals surface area contributed by atoms with Gasteiger partial charge in [-0.2, -0.15) is 0 Å². The molecule has 0 N–H and O–H groups in total. The number of piperidine rings is 1. The maximum Gasteiger partial charge on any atom is 0.228 e. The summed E-state index contributed by atoms with van der Waals surface area (Å²) in [5.41, 5.74) is 2.94. The fourth-order valence-corrected chi connectivity index (χ4v) is 5.45. The van der Waals surface area contributed by atoms with Crippen molar-refractivity contribution in [3.8, 4) is 11.1 Å². The normalized spacial score (nSPS) is 18.5. The van der Waals surface area contributed by atoms with Gasteiger partial charge in [0, 0.05) is 46.0 Å². The lowest BCUT2D eigenvalue weighted by Crippen LogP contribution is -2.51. The number of benzene rings is 1. The first kappa shape index (κ1) is 22.5. The number of nitrogens with zero attached hydrogens (tertiary/aromatic N) is 3. The summed E-state index contributed by atoms with van der Waals surface area (Å²) >= 11 is 0. The molecular formula is C27H35N3O2. The van der Waals surface area contributed by atoms with Gasteiger partial charge in [0.1, 0.15) is 0 Å². The maximum atomic E-state index is 13.3. The third-order valence-electron chi connectivity index (χ3n) is 7.36. The summed E-state index contributed by atoms with van der Waals surface area (Å²) in [6, 6.07) is 12.5. The lowest BCUT2D eigenvalue weighted by molar-refractivity contribution is -0.146. The Morgan fingerprint density at radius 2 is 1.72 bits per heavy atom. The Kier molecular flexibility index (Phi) is 6.92. The van der Waals surface area contributed by atoms with E-state index < -0.39 is 5.41 Å². The Labute approximate surface area is 191 Å². The fourth-order valence-electron chi connectivity index (χ4n) is 5.45. The highest BCUT2D eigenvalue weighted by Gasteiger charge is 2.43. The zero-order valence-corrected chi connectivity index (χ0v) is 19.4. The van der Waals surface area contributed by atoms with Crippen LogP contribution in [0.1, 0.15) is 50.5 Å². The van der Waals surface area contributed by atoms with E-state index >= 15 is 0 Å². The van der Waals surface area contributed by atoms with Gasteiger partial charge in [-0.25, -0.2) is 0 Å². The summed E-state index contributed by atoms with van der Waals surface area (Å²) in [6.07, 6.45) is 11.4. The molecule has 4 rings (SSSR count). The highest BCUT2D eigenvalue weighted by Crippen LogP contribution is 2.38. The van der Waals surface area contributed by atoms with Crippen LogP contribution in [0.4, 0.5) is 0 Å². The maximum absolute atomic E-state index is 13.3. The van der Waals surface area contributed by atoms with Crippen LogP contribution in [-0.2, 0) is 16.0 Å². The monoisotopic (exact) mass is 433 g/mol. The van der Waals surface area contributed by atoms with Crippen molar-refractivity contribution in [3.05, 3.63) is 54.4 Å². The Balaban J connectivity index is 1.44. The molecule has 1 aromatic heterocycles. The third-order valence-corrected chi connectivity index (χ3v) is 7.36. The number of carbonyl (C=O) groups is 2. The molecule has 0 radical (unpaired) electrons. The number of aromatic nitrogens is 1. The Bertz CT molecular complexity index is 910. The van der Waals surface area contributed by atoms with Crippen molar-refractivity contribution in [2.24, 2.45) is 11.3 Å². The van der Waals surface area contributed by atoms with Crippen LogP contribution < -0.4 is 0 Å². The topological polar surface area (TPSA) is 53.5 Å².